The third kappa shape index (κ3) is 5.34. The molecule has 0 unspecified atom stereocenters. The van der Waals surface area contributed by atoms with Crippen LogP contribution < -0.4 is 21.1 Å². The fraction of sp³-hybridized carbons (Fsp3) is 0.310. The molecule has 0 saturated carbocycles. The highest BCUT2D eigenvalue weighted by atomic mass is 16.5. The smallest absolute Gasteiger partial charge is 0.261 e. The predicted molar refractivity (Wildman–Crippen MR) is 150 cm³/mol. The molecular formula is C29H32N8O2. The van der Waals surface area contributed by atoms with Crippen LogP contribution in [-0.2, 0) is 19.3 Å². The van der Waals surface area contributed by atoms with E-state index in [1.165, 1.54) is 15.8 Å². The van der Waals surface area contributed by atoms with Crippen LogP contribution in [0.25, 0.3) is 17.2 Å². The Morgan fingerprint density at radius 2 is 1.90 bits per heavy atom. The van der Waals surface area contributed by atoms with Gasteiger partial charge in [-0.2, -0.15) is 0 Å². The Labute approximate surface area is 227 Å². The second kappa shape index (κ2) is 10.8. The van der Waals surface area contributed by atoms with Gasteiger partial charge in [0, 0.05) is 56.4 Å². The second-order valence-corrected chi connectivity index (χ2v) is 9.93. The lowest BCUT2D eigenvalue weighted by atomic mass is 9.90. The van der Waals surface area contributed by atoms with E-state index in [0.29, 0.717) is 11.6 Å². The lowest BCUT2D eigenvalue weighted by Gasteiger charge is -2.27. The molecule has 3 heterocycles. The molecule has 0 radical (unpaired) electrons. The van der Waals surface area contributed by atoms with Crippen molar-refractivity contribution < 1.29 is 9.53 Å². The molecular weight excluding hydrogens is 492 g/mol. The number of methoxy groups -OCH3 is 1. The first kappa shape index (κ1) is 25.0. The van der Waals surface area contributed by atoms with E-state index in [0.717, 1.165) is 74.6 Å². The van der Waals surface area contributed by atoms with Crippen LogP contribution in [0.4, 0.5) is 11.5 Å². The Morgan fingerprint density at radius 3 is 2.69 bits per heavy atom. The highest BCUT2D eigenvalue weighted by Gasteiger charge is 2.21. The van der Waals surface area contributed by atoms with E-state index < -0.39 is 0 Å². The lowest BCUT2D eigenvalue weighted by Crippen LogP contribution is -2.44. The van der Waals surface area contributed by atoms with Gasteiger partial charge in [-0.15, -0.1) is 5.10 Å². The number of nitrogens with two attached hydrogens (primary N) is 1. The normalized spacial score (nSPS) is 14.9. The summed E-state index contributed by atoms with van der Waals surface area (Å²) >= 11 is 0. The summed E-state index contributed by atoms with van der Waals surface area (Å²) in [4.78, 5) is 24.8. The van der Waals surface area contributed by atoms with Crippen LogP contribution in [0.5, 0.6) is 5.75 Å². The lowest BCUT2D eigenvalue weighted by molar-refractivity contribution is 0.102. The SMILES string of the molecule is COc1ccc2c(c1)CCc1cnc(-n3cc(C(=O)Nc4ccc(CCN5CCNCC5)cc4)c(N)n3)nc1-2. The summed E-state index contributed by atoms with van der Waals surface area (Å²) in [7, 11) is 1.67. The first-order valence-corrected chi connectivity index (χ1v) is 13.3. The summed E-state index contributed by atoms with van der Waals surface area (Å²) in [6.45, 7) is 5.30. The monoisotopic (exact) mass is 524 g/mol. The van der Waals surface area contributed by atoms with Gasteiger partial charge in [-0.25, -0.2) is 14.6 Å². The van der Waals surface area contributed by atoms with Crippen molar-refractivity contribution in [2.45, 2.75) is 19.3 Å². The average molecular weight is 525 g/mol. The Morgan fingerprint density at radius 1 is 1.10 bits per heavy atom. The molecule has 1 aliphatic carbocycles. The maximum Gasteiger partial charge on any atom is 0.261 e. The van der Waals surface area contributed by atoms with E-state index in [-0.39, 0.29) is 17.3 Å². The number of benzene rings is 2. The standard InChI is InChI=1S/C29H32N8O2/c1-39-23-8-9-24-20(16-23)4-5-21-17-32-29(34-26(21)24)37-18-25(27(30)35-37)28(38)33-22-6-2-19(3-7-22)10-13-36-14-11-31-12-15-36/h2-3,6-9,16-18,31H,4-5,10-15H2,1H3,(H2,30,35)(H,33,38). The number of anilines is 2. The molecule has 4 aromatic rings. The zero-order chi connectivity index (χ0) is 26.8. The van der Waals surface area contributed by atoms with Gasteiger partial charge in [-0.1, -0.05) is 12.1 Å². The number of carbonyl (C=O) groups excluding carboxylic acids is 1. The van der Waals surface area contributed by atoms with Gasteiger partial charge in [0.1, 0.15) is 11.3 Å². The topological polar surface area (TPSA) is 123 Å². The number of nitrogen functional groups attached to an aromatic ring is 1. The largest absolute Gasteiger partial charge is 0.497 e. The third-order valence-electron chi connectivity index (χ3n) is 7.41. The molecule has 0 atom stereocenters. The van der Waals surface area contributed by atoms with Crippen LogP contribution in [0.2, 0.25) is 0 Å². The number of aromatic nitrogens is 4. The van der Waals surface area contributed by atoms with E-state index in [1.54, 1.807) is 13.3 Å². The zero-order valence-electron chi connectivity index (χ0n) is 22.0. The predicted octanol–water partition coefficient (Wildman–Crippen LogP) is 2.72. The summed E-state index contributed by atoms with van der Waals surface area (Å²) in [6, 6.07) is 14.0. The van der Waals surface area contributed by atoms with Crippen molar-refractivity contribution in [2.24, 2.45) is 0 Å². The van der Waals surface area contributed by atoms with Gasteiger partial charge in [0.05, 0.1) is 12.8 Å². The van der Waals surface area contributed by atoms with Crippen LogP contribution >= 0.6 is 0 Å². The average Bonchev–Trinajstić information content (AvgIpc) is 3.38. The van der Waals surface area contributed by atoms with Gasteiger partial charge in [-0.05, 0) is 66.3 Å². The molecule has 6 rings (SSSR count). The van der Waals surface area contributed by atoms with Crippen molar-refractivity contribution in [1.29, 1.82) is 0 Å². The van der Waals surface area contributed by atoms with Gasteiger partial charge in [0.25, 0.3) is 11.9 Å². The number of piperazine rings is 1. The second-order valence-electron chi connectivity index (χ2n) is 9.93. The number of hydrogen-bond donors (Lipinski definition) is 3. The van der Waals surface area contributed by atoms with E-state index in [1.807, 2.05) is 36.5 Å². The first-order valence-electron chi connectivity index (χ1n) is 13.3. The number of hydrogen-bond acceptors (Lipinski definition) is 8. The van der Waals surface area contributed by atoms with Gasteiger partial charge < -0.3 is 26.0 Å². The molecule has 0 bridgehead atoms. The van der Waals surface area contributed by atoms with Crippen LogP contribution in [-0.4, -0.2) is 70.4 Å². The number of nitrogens with one attached hydrogen (secondary N) is 2. The molecule has 10 heteroatoms. The number of rotatable bonds is 7. The number of fused-ring (bicyclic) bond motifs is 3. The molecule has 1 saturated heterocycles. The van der Waals surface area contributed by atoms with Crippen molar-refractivity contribution in [3.8, 4) is 23.0 Å². The highest BCUT2D eigenvalue weighted by molar-refractivity contribution is 6.07. The fourth-order valence-electron chi connectivity index (χ4n) is 5.17. The Balaban J connectivity index is 1.15. The number of ether oxygens (including phenoxy) is 1. The molecule has 39 heavy (non-hydrogen) atoms. The zero-order valence-corrected chi connectivity index (χ0v) is 22.0. The molecule has 2 aromatic carbocycles. The molecule has 2 aliphatic rings. The summed E-state index contributed by atoms with van der Waals surface area (Å²) in [6.07, 6.45) is 6.13. The van der Waals surface area contributed by atoms with Crippen molar-refractivity contribution >= 4 is 17.4 Å². The van der Waals surface area contributed by atoms with Crippen LogP contribution in [0.15, 0.2) is 54.9 Å². The molecule has 2 aromatic heterocycles. The van der Waals surface area contributed by atoms with Crippen molar-refractivity contribution in [3.63, 3.8) is 0 Å². The molecule has 4 N–H and O–H groups in total. The van der Waals surface area contributed by atoms with Crippen molar-refractivity contribution in [3.05, 3.63) is 77.1 Å². The van der Waals surface area contributed by atoms with Gasteiger partial charge in [0.15, 0.2) is 5.82 Å². The highest BCUT2D eigenvalue weighted by Crippen LogP contribution is 2.34. The molecule has 10 nitrogen and oxygen atoms in total. The molecule has 0 spiro atoms. The van der Waals surface area contributed by atoms with E-state index in [9.17, 15) is 4.79 Å². The molecule has 1 fully saturated rings. The molecule has 200 valence electrons. The Bertz CT molecular complexity index is 1490. The van der Waals surface area contributed by atoms with Crippen molar-refractivity contribution in [1.82, 2.24) is 30.0 Å². The van der Waals surface area contributed by atoms with E-state index >= 15 is 0 Å². The maximum atomic E-state index is 13.0. The maximum absolute atomic E-state index is 13.0. The van der Waals surface area contributed by atoms with E-state index in [2.05, 4.69) is 37.7 Å². The number of carbonyl (C=O) groups is 1. The quantitative estimate of drug-likeness (QED) is 0.337. The summed E-state index contributed by atoms with van der Waals surface area (Å²) in [5, 5.41) is 10.6. The molecule has 1 amide bonds. The summed E-state index contributed by atoms with van der Waals surface area (Å²) in [5.41, 5.74) is 12.5. The summed E-state index contributed by atoms with van der Waals surface area (Å²) in [5.74, 6) is 0.971. The van der Waals surface area contributed by atoms with Gasteiger partial charge in [0.2, 0.25) is 0 Å². The third-order valence-corrected chi connectivity index (χ3v) is 7.41. The first-order chi connectivity index (χ1) is 19.1. The number of nitrogens with zero attached hydrogens (tertiary/aromatic N) is 5. The summed E-state index contributed by atoms with van der Waals surface area (Å²) < 4.78 is 6.84. The fourth-order valence-corrected chi connectivity index (χ4v) is 5.17. The Hall–Kier alpha value is -4.28. The molecule has 1 aliphatic heterocycles. The number of amides is 1. The Kier molecular flexibility index (Phi) is 6.95. The minimum Gasteiger partial charge on any atom is -0.497 e. The number of aryl methyl sites for hydroxylation is 2. The van der Waals surface area contributed by atoms with Crippen molar-refractivity contribution in [2.75, 3.05) is 50.9 Å². The van der Waals surface area contributed by atoms with Crippen LogP contribution in [0.1, 0.15) is 27.0 Å². The van der Waals surface area contributed by atoms with Gasteiger partial charge >= 0.3 is 0 Å². The van der Waals surface area contributed by atoms with E-state index in [4.69, 9.17) is 15.5 Å². The van der Waals surface area contributed by atoms with Crippen LogP contribution in [0.3, 0.4) is 0 Å². The minimum absolute atomic E-state index is 0.117. The van der Waals surface area contributed by atoms with Gasteiger partial charge in [-0.3, -0.25) is 4.79 Å². The van der Waals surface area contributed by atoms with Crippen LogP contribution in [0, 0.1) is 0 Å². The minimum atomic E-state index is -0.331.